The summed E-state index contributed by atoms with van der Waals surface area (Å²) in [5.74, 6) is 1.63. The van der Waals surface area contributed by atoms with Gasteiger partial charge in [0.2, 0.25) is 5.65 Å². The quantitative estimate of drug-likeness (QED) is 0.276. The van der Waals surface area contributed by atoms with Crippen molar-refractivity contribution in [2.45, 2.75) is 32.6 Å². The second kappa shape index (κ2) is 10.8. The second-order valence-corrected chi connectivity index (χ2v) is 9.14. The average molecular weight is 486 g/mol. The zero-order valence-electron chi connectivity index (χ0n) is 20.5. The summed E-state index contributed by atoms with van der Waals surface area (Å²) >= 11 is 0. The van der Waals surface area contributed by atoms with Gasteiger partial charge in [0.25, 0.3) is 5.91 Å². The summed E-state index contributed by atoms with van der Waals surface area (Å²) in [6, 6.07) is 15.1. The molecule has 0 radical (unpaired) electrons. The Morgan fingerprint density at radius 2 is 1.78 bits per heavy atom. The van der Waals surface area contributed by atoms with E-state index in [1.165, 1.54) is 0 Å². The highest BCUT2D eigenvalue weighted by atomic mass is 16.2. The molecule has 1 aliphatic rings. The van der Waals surface area contributed by atoms with E-state index in [-0.39, 0.29) is 11.7 Å². The Labute approximate surface area is 209 Å². The van der Waals surface area contributed by atoms with E-state index in [1.807, 2.05) is 64.8 Å². The van der Waals surface area contributed by atoms with Crippen LogP contribution in [0.5, 0.6) is 0 Å². The highest BCUT2D eigenvalue weighted by molar-refractivity contribution is 5.98. The fourth-order valence-electron chi connectivity index (χ4n) is 4.64. The van der Waals surface area contributed by atoms with Crippen LogP contribution in [-0.2, 0) is 0 Å². The number of carbonyl (C=O) groups is 2. The molecule has 2 aromatic carbocycles. The van der Waals surface area contributed by atoms with Gasteiger partial charge in [-0.15, -0.1) is 10.2 Å². The lowest BCUT2D eigenvalue weighted by molar-refractivity contribution is 0.0735. The third-order valence-corrected chi connectivity index (χ3v) is 6.61. The third kappa shape index (κ3) is 5.06. The number of Topliss-reactive ketones (excluding diaryl/α,β-unsaturated/α-hetero) is 1. The first-order valence-corrected chi connectivity index (χ1v) is 12.6. The first-order chi connectivity index (χ1) is 17.6. The number of nitrogens with zero attached hydrogens (tertiary/aromatic N) is 5. The van der Waals surface area contributed by atoms with E-state index >= 15 is 0 Å². The molecule has 2 aromatic heterocycles. The SMILES string of the molecule is Cc1nnc2c(NCCCCCC(=O)c3ccccc3)nc3cc(C(=O)N4CCNCC4)ccc3n12. The lowest BCUT2D eigenvalue weighted by Gasteiger charge is -2.27. The molecule has 0 saturated carbocycles. The Hall–Kier alpha value is -3.85. The number of amides is 1. The molecule has 2 N–H and O–H groups in total. The van der Waals surface area contributed by atoms with E-state index in [4.69, 9.17) is 4.98 Å². The van der Waals surface area contributed by atoms with Crippen molar-refractivity contribution in [2.75, 3.05) is 38.0 Å². The van der Waals surface area contributed by atoms with Crippen LogP contribution in [0, 0.1) is 6.92 Å². The van der Waals surface area contributed by atoms with Gasteiger partial charge in [0.15, 0.2) is 11.6 Å². The molecule has 1 saturated heterocycles. The van der Waals surface area contributed by atoms with Crippen molar-refractivity contribution >= 4 is 34.2 Å². The molecule has 1 amide bonds. The fourth-order valence-corrected chi connectivity index (χ4v) is 4.64. The van der Waals surface area contributed by atoms with E-state index in [0.29, 0.717) is 43.1 Å². The predicted molar refractivity (Wildman–Crippen MR) is 140 cm³/mol. The molecular formula is C27H31N7O2. The summed E-state index contributed by atoms with van der Waals surface area (Å²) in [7, 11) is 0. The van der Waals surface area contributed by atoms with Crippen molar-refractivity contribution in [3.63, 3.8) is 0 Å². The van der Waals surface area contributed by atoms with E-state index in [1.54, 1.807) is 0 Å². The zero-order valence-corrected chi connectivity index (χ0v) is 20.5. The number of benzene rings is 2. The van der Waals surface area contributed by atoms with E-state index in [2.05, 4.69) is 20.8 Å². The summed E-state index contributed by atoms with van der Waals surface area (Å²) in [4.78, 5) is 32.0. The van der Waals surface area contributed by atoms with Gasteiger partial charge in [-0.25, -0.2) is 4.98 Å². The standard InChI is InChI=1S/C27H31N7O2/c1-19-31-32-26-25(29-13-7-3-6-10-24(35)20-8-4-2-5-9-20)30-22-18-21(11-12-23(22)34(19)26)27(36)33-16-14-28-15-17-33/h2,4-5,8-9,11-12,18,28H,3,6-7,10,13-17H2,1H3,(H,29,30). The number of hydrogen-bond donors (Lipinski definition) is 2. The van der Waals surface area contributed by atoms with Crippen LogP contribution in [0.4, 0.5) is 5.82 Å². The molecule has 0 aliphatic carbocycles. The van der Waals surface area contributed by atoms with Crippen molar-refractivity contribution in [2.24, 2.45) is 0 Å². The van der Waals surface area contributed by atoms with Crippen molar-refractivity contribution in [1.29, 1.82) is 0 Å². The number of piperazine rings is 1. The number of nitrogens with one attached hydrogen (secondary N) is 2. The van der Waals surface area contributed by atoms with Gasteiger partial charge in [-0.2, -0.15) is 0 Å². The van der Waals surface area contributed by atoms with Crippen molar-refractivity contribution in [3.8, 4) is 0 Å². The van der Waals surface area contributed by atoms with Crippen LogP contribution >= 0.6 is 0 Å². The molecule has 0 bridgehead atoms. The van der Waals surface area contributed by atoms with Crippen LogP contribution in [0.1, 0.15) is 52.2 Å². The molecule has 5 rings (SSSR count). The van der Waals surface area contributed by atoms with E-state index in [9.17, 15) is 9.59 Å². The number of aryl methyl sites for hydroxylation is 1. The van der Waals surface area contributed by atoms with Crippen LogP contribution in [-0.4, -0.2) is 68.9 Å². The van der Waals surface area contributed by atoms with Gasteiger partial charge in [-0.3, -0.25) is 14.0 Å². The highest BCUT2D eigenvalue weighted by Crippen LogP contribution is 2.23. The molecule has 1 fully saturated rings. The number of fused-ring (bicyclic) bond motifs is 3. The van der Waals surface area contributed by atoms with Crippen molar-refractivity contribution in [3.05, 3.63) is 65.5 Å². The molecular weight excluding hydrogens is 454 g/mol. The van der Waals surface area contributed by atoms with E-state index in [0.717, 1.165) is 54.8 Å². The molecule has 1 aliphatic heterocycles. The number of aromatic nitrogens is 4. The molecule has 0 spiro atoms. The van der Waals surface area contributed by atoms with Crippen molar-refractivity contribution < 1.29 is 9.59 Å². The number of anilines is 1. The molecule has 186 valence electrons. The number of rotatable bonds is 9. The van der Waals surface area contributed by atoms with E-state index < -0.39 is 0 Å². The minimum absolute atomic E-state index is 0.0281. The Morgan fingerprint density at radius 3 is 2.58 bits per heavy atom. The third-order valence-electron chi connectivity index (χ3n) is 6.61. The summed E-state index contributed by atoms with van der Waals surface area (Å²) in [6.45, 7) is 5.65. The topological polar surface area (TPSA) is 105 Å². The molecule has 0 unspecified atom stereocenters. The monoisotopic (exact) mass is 485 g/mol. The minimum atomic E-state index is 0.0281. The molecule has 9 heteroatoms. The smallest absolute Gasteiger partial charge is 0.254 e. The van der Waals surface area contributed by atoms with Crippen LogP contribution < -0.4 is 10.6 Å². The van der Waals surface area contributed by atoms with Gasteiger partial charge >= 0.3 is 0 Å². The van der Waals surface area contributed by atoms with Crippen LogP contribution in [0.15, 0.2) is 48.5 Å². The van der Waals surface area contributed by atoms with Gasteiger partial charge in [-0.1, -0.05) is 36.8 Å². The van der Waals surface area contributed by atoms with Crippen LogP contribution in [0.25, 0.3) is 16.7 Å². The molecule has 36 heavy (non-hydrogen) atoms. The van der Waals surface area contributed by atoms with Gasteiger partial charge in [0.1, 0.15) is 5.82 Å². The average Bonchev–Trinajstić information content (AvgIpc) is 3.32. The lowest BCUT2D eigenvalue weighted by atomic mass is 10.0. The summed E-state index contributed by atoms with van der Waals surface area (Å²) < 4.78 is 1.97. The minimum Gasteiger partial charge on any atom is -0.367 e. The maximum absolute atomic E-state index is 13.0. The first-order valence-electron chi connectivity index (χ1n) is 12.6. The summed E-state index contributed by atoms with van der Waals surface area (Å²) in [5, 5.41) is 15.3. The summed E-state index contributed by atoms with van der Waals surface area (Å²) in [6.07, 6.45) is 3.24. The molecule has 0 atom stereocenters. The molecule has 3 heterocycles. The maximum atomic E-state index is 13.0. The molecule has 9 nitrogen and oxygen atoms in total. The van der Waals surface area contributed by atoms with Gasteiger partial charge in [0, 0.05) is 50.3 Å². The lowest BCUT2D eigenvalue weighted by Crippen LogP contribution is -2.46. The van der Waals surface area contributed by atoms with Crippen LogP contribution in [0.3, 0.4) is 0 Å². The second-order valence-electron chi connectivity index (χ2n) is 9.14. The number of carbonyl (C=O) groups excluding carboxylic acids is 2. The van der Waals surface area contributed by atoms with Gasteiger partial charge < -0.3 is 15.5 Å². The number of ketones is 1. The zero-order chi connectivity index (χ0) is 24.9. The highest BCUT2D eigenvalue weighted by Gasteiger charge is 2.20. The fraction of sp³-hybridized carbons (Fsp3) is 0.370. The Bertz CT molecular complexity index is 1380. The Balaban J connectivity index is 1.26. The predicted octanol–water partition coefficient (Wildman–Crippen LogP) is 3.49. The van der Waals surface area contributed by atoms with Crippen molar-refractivity contribution in [1.82, 2.24) is 29.8 Å². The Kier molecular flexibility index (Phi) is 7.18. The van der Waals surface area contributed by atoms with Gasteiger partial charge in [-0.05, 0) is 38.0 Å². The number of unbranched alkanes of at least 4 members (excludes halogenated alkanes) is 2. The molecule has 4 aromatic rings. The maximum Gasteiger partial charge on any atom is 0.254 e. The Morgan fingerprint density at radius 1 is 0.972 bits per heavy atom. The largest absolute Gasteiger partial charge is 0.367 e. The first kappa shape index (κ1) is 23.9. The number of hydrogen-bond acceptors (Lipinski definition) is 7. The normalized spacial score (nSPS) is 13.9. The van der Waals surface area contributed by atoms with Crippen LogP contribution in [0.2, 0.25) is 0 Å². The van der Waals surface area contributed by atoms with Gasteiger partial charge in [0.05, 0.1) is 11.0 Å². The summed E-state index contributed by atoms with van der Waals surface area (Å²) in [5.41, 5.74) is 3.67.